The quantitative estimate of drug-likeness (QED) is 0.293. The molecule has 0 spiro atoms. The Balaban J connectivity index is 1.55. The summed E-state index contributed by atoms with van der Waals surface area (Å²) in [7, 11) is 1.28. The van der Waals surface area contributed by atoms with Crippen LogP contribution in [0.25, 0.3) is 0 Å². The van der Waals surface area contributed by atoms with Gasteiger partial charge in [-0.05, 0) is 18.9 Å². The smallest absolute Gasteiger partial charge is 0.352 e. The van der Waals surface area contributed by atoms with Crippen LogP contribution in [0.15, 0.2) is 21.8 Å². The third-order valence-corrected chi connectivity index (χ3v) is 7.33. The van der Waals surface area contributed by atoms with Gasteiger partial charge in [0, 0.05) is 12.0 Å². The van der Waals surface area contributed by atoms with Gasteiger partial charge in [0.2, 0.25) is 0 Å². The Bertz CT molecular complexity index is 976. The molecule has 2 aliphatic heterocycles. The fourth-order valence-electron chi connectivity index (χ4n) is 3.69. The molecule has 2 amide bonds. The molecule has 11 nitrogen and oxygen atoms in total. The SMILES string of the molecule is CCO[C@H]1CC2=C(C(=O)O)N3C(=O)[C@@H](NC(=O)/C(=N\OC)c4csc(N)n4)[C@H]3S[C@H]21. The van der Waals surface area contributed by atoms with Crippen molar-refractivity contribution in [3.05, 3.63) is 22.3 Å². The zero-order chi connectivity index (χ0) is 21.6. The van der Waals surface area contributed by atoms with E-state index >= 15 is 0 Å². The number of nitrogens with zero attached hydrogens (tertiary/aromatic N) is 3. The number of nitrogen functional groups attached to an aromatic ring is 1. The minimum atomic E-state index is -1.16. The number of rotatable bonds is 7. The van der Waals surface area contributed by atoms with E-state index < -0.39 is 29.2 Å². The van der Waals surface area contributed by atoms with Crippen molar-refractivity contribution in [1.29, 1.82) is 0 Å². The Hall–Kier alpha value is -2.64. The zero-order valence-corrected chi connectivity index (χ0v) is 17.7. The number of carbonyl (C=O) groups excluding carboxylic acids is 2. The summed E-state index contributed by atoms with van der Waals surface area (Å²) in [5.74, 6) is -2.31. The van der Waals surface area contributed by atoms with E-state index in [1.54, 1.807) is 5.38 Å². The van der Waals surface area contributed by atoms with Crippen LogP contribution in [0.1, 0.15) is 19.0 Å². The van der Waals surface area contributed by atoms with Crippen LogP contribution in [0.2, 0.25) is 0 Å². The van der Waals surface area contributed by atoms with E-state index in [1.807, 2.05) is 6.92 Å². The molecule has 3 heterocycles. The third kappa shape index (κ3) is 3.22. The van der Waals surface area contributed by atoms with Gasteiger partial charge >= 0.3 is 5.97 Å². The summed E-state index contributed by atoms with van der Waals surface area (Å²) in [6.07, 6.45) is 0.374. The van der Waals surface area contributed by atoms with Gasteiger partial charge in [0.1, 0.15) is 29.9 Å². The van der Waals surface area contributed by atoms with Crippen LogP contribution in [0.4, 0.5) is 5.13 Å². The number of anilines is 1. The Kier molecular flexibility index (Phi) is 5.42. The Morgan fingerprint density at radius 1 is 1.50 bits per heavy atom. The highest BCUT2D eigenvalue weighted by Gasteiger charge is 2.60. The first-order valence-corrected chi connectivity index (χ1v) is 10.9. The van der Waals surface area contributed by atoms with E-state index in [4.69, 9.17) is 15.3 Å². The lowest BCUT2D eigenvalue weighted by atomic mass is 9.84. The van der Waals surface area contributed by atoms with Gasteiger partial charge in [-0.1, -0.05) is 5.16 Å². The molecule has 4 rings (SSSR count). The van der Waals surface area contributed by atoms with Gasteiger partial charge in [-0.2, -0.15) is 0 Å². The lowest BCUT2D eigenvalue weighted by Gasteiger charge is -2.55. The third-order valence-electron chi connectivity index (χ3n) is 5.01. The minimum absolute atomic E-state index is 0.00624. The van der Waals surface area contributed by atoms with Crippen LogP contribution in [0, 0.1) is 0 Å². The molecule has 1 saturated carbocycles. The largest absolute Gasteiger partial charge is 0.477 e. The summed E-state index contributed by atoms with van der Waals surface area (Å²) >= 11 is 2.55. The number of β-lactam (4-membered cyclic amide) rings is 1. The Morgan fingerprint density at radius 2 is 2.27 bits per heavy atom. The number of carboxylic acid groups (broad SMARTS) is 1. The van der Waals surface area contributed by atoms with Crippen LogP contribution in [0.5, 0.6) is 0 Å². The Morgan fingerprint density at radius 3 is 2.87 bits per heavy atom. The minimum Gasteiger partial charge on any atom is -0.477 e. The van der Waals surface area contributed by atoms with Gasteiger partial charge in [-0.25, -0.2) is 9.78 Å². The second-order valence-electron chi connectivity index (χ2n) is 6.68. The predicted molar refractivity (Wildman–Crippen MR) is 109 cm³/mol. The van der Waals surface area contributed by atoms with Gasteiger partial charge in [0.05, 0.1) is 11.4 Å². The van der Waals surface area contributed by atoms with E-state index in [-0.39, 0.29) is 33.6 Å². The van der Waals surface area contributed by atoms with Crippen LogP contribution in [-0.4, -0.2) is 75.0 Å². The van der Waals surface area contributed by atoms with Crippen molar-refractivity contribution in [1.82, 2.24) is 15.2 Å². The number of amides is 2. The first-order chi connectivity index (χ1) is 14.4. The number of hydrogen-bond donors (Lipinski definition) is 3. The van der Waals surface area contributed by atoms with Gasteiger partial charge < -0.3 is 25.7 Å². The molecule has 30 heavy (non-hydrogen) atoms. The molecule has 1 aromatic rings. The maximum atomic E-state index is 12.8. The molecule has 0 unspecified atom stereocenters. The molecular weight excluding hydrogens is 434 g/mol. The summed E-state index contributed by atoms with van der Waals surface area (Å²) in [6.45, 7) is 2.38. The number of oxime groups is 1. The van der Waals surface area contributed by atoms with Crippen LogP contribution in [-0.2, 0) is 24.0 Å². The van der Waals surface area contributed by atoms with Crippen molar-refractivity contribution >= 4 is 51.7 Å². The van der Waals surface area contributed by atoms with E-state index in [9.17, 15) is 19.5 Å². The number of nitrogens with one attached hydrogen (secondary N) is 1. The van der Waals surface area contributed by atoms with Gasteiger partial charge in [0.15, 0.2) is 10.8 Å². The van der Waals surface area contributed by atoms with Crippen molar-refractivity contribution in [2.24, 2.45) is 5.16 Å². The normalized spacial score (nSPS) is 27.6. The van der Waals surface area contributed by atoms with E-state index in [0.717, 1.165) is 11.3 Å². The average Bonchev–Trinajstić information content (AvgIpc) is 3.13. The number of thioether (sulfide) groups is 1. The maximum Gasteiger partial charge on any atom is 0.352 e. The molecule has 1 aromatic heterocycles. The first-order valence-electron chi connectivity index (χ1n) is 9.07. The van der Waals surface area contributed by atoms with Crippen molar-refractivity contribution in [2.45, 2.75) is 36.1 Å². The summed E-state index contributed by atoms with van der Waals surface area (Å²) in [6, 6.07) is -0.903. The summed E-state index contributed by atoms with van der Waals surface area (Å²) in [5.41, 5.74) is 6.41. The molecule has 160 valence electrons. The summed E-state index contributed by atoms with van der Waals surface area (Å²) in [4.78, 5) is 47.3. The molecule has 3 aliphatic rings. The zero-order valence-electron chi connectivity index (χ0n) is 16.0. The highest BCUT2D eigenvalue weighted by Crippen LogP contribution is 2.52. The lowest BCUT2D eigenvalue weighted by molar-refractivity contribution is -0.150. The number of nitrogens with two attached hydrogens (primary N) is 1. The number of hydrogen-bond acceptors (Lipinski definition) is 10. The molecular formula is C17H19N5O6S2. The Labute approximate surface area is 179 Å². The number of aliphatic carboxylic acids is 1. The predicted octanol–water partition coefficient (Wildman–Crippen LogP) is -0.00820. The lowest BCUT2D eigenvalue weighted by Crippen LogP contribution is -2.73. The monoisotopic (exact) mass is 453 g/mol. The van der Waals surface area contributed by atoms with Gasteiger partial charge in [0.25, 0.3) is 11.8 Å². The molecule has 1 saturated heterocycles. The second-order valence-corrected chi connectivity index (χ2v) is 8.83. The molecule has 4 atom stereocenters. The van der Waals surface area contributed by atoms with E-state index in [2.05, 4.69) is 15.5 Å². The van der Waals surface area contributed by atoms with E-state index in [0.29, 0.717) is 18.6 Å². The highest BCUT2D eigenvalue weighted by molar-refractivity contribution is 8.01. The molecule has 0 aromatic carbocycles. The molecule has 13 heteroatoms. The fraction of sp³-hybridized carbons (Fsp3) is 0.471. The van der Waals surface area contributed by atoms with Crippen molar-refractivity contribution < 1.29 is 29.1 Å². The topological polar surface area (TPSA) is 156 Å². The van der Waals surface area contributed by atoms with Gasteiger partial charge in [-0.3, -0.25) is 14.5 Å². The molecule has 0 radical (unpaired) electrons. The first kappa shape index (κ1) is 20.6. The molecule has 1 aliphatic carbocycles. The number of thiazole rings is 1. The van der Waals surface area contributed by atoms with Crippen LogP contribution >= 0.6 is 23.1 Å². The van der Waals surface area contributed by atoms with Crippen LogP contribution in [0.3, 0.4) is 0 Å². The number of fused-ring (bicyclic) bond motifs is 2. The highest BCUT2D eigenvalue weighted by atomic mass is 32.2. The summed E-state index contributed by atoms with van der Waals surface area (Å²) < 4.78 is 5.66. The average molecular weight is 454 g/mol. The number of carboxylic acids is 1. The standard InChI is InChI=1S/C17H19N5O6S2/c1-3-28-8-4-6-11(16(25)26)22-14(24)10(15(22)30-12(6)8)20-13(23)9(21-27-2)7-5-29-17(18)19-7/h5,8,10,12,15H,3-4H2,1-2H3,(H2,18,19)(H,20,23)(H,25,26)/b21-9-/t8-,10+,12+,15+/m0/s1. The maximum absolute atomic E-state index is 12.8. The summed E-state index contributed by atoms with van der Waals surface area (Å²) in [5, 5.41) is 17.1. The van der Waals surface area contributed by atoms with Gasteiger partial charge in [-0.15, -0.1) is 23.1 Å². The molecule has 4 N–H and O–H groups in total. The van der Waals surface area contributed by atoms with Crippen LogP contribution < -0.4 is 11.1 Å². The number of carbonyl (C=O) groups is 3. The molecule has 0 bridgehead atoms. The molecule has 2 fully saturated rings. The van der Waals surface area contributed by atoms with Crippen molar-refractivity contribution in [3.8, 4) is 0 Å². The second kappa shape index (κ2) is 7.89. The van der Waals surface area contributed by atoms with Crippen molar-refractivity contribution in [2.75, 3.05) is 19.5 Å². The number of aromatic nitrogens is 1. The van der Waals surface area contributed by atoms with Crippen molar-refractivity contribution in [3.63, 3.8) is 0 Å². The number of ether oxygens (including phenoxy) is 1. The van der Waals surface area contributed by atoms with E-state index in [1.165, 1.54) is 23.8 Å². The fourth-order valence-corrected chi connectivity index (χ4v) is 5.93.